The third kappa shape index (κ3) is 5.96. The Balaban J connectivity index is 1.71. The van der Waals surface area contributed by atoms with Crippen LogP contribution < -0.4 is 9.47 Å². The minimum absolute atomic E-state index is 0.0586. The van der Waals surface area contributed by atoms with Crippen molar-refractivity contribution >= 4 is 68.6 Å². The average Bonchev–Trinajstić information content (AvgIpc) is 2.72. The third-order valence-corrected chi connectivity index (χ3v) is 6.12. The molecule has 0 saturated carbocycles. The molecule has 148 valence electrons. The van der Waals surface area contributed by atoms with Gasteiger partial charge in [-0.25, -0.2) is 0 Å². The van der Waals surface area contributed by atoms with Crippen LogP contribution in [0.15, 0.2) is 66.7 Å². The first-order valence-electron chi connectivity index (χ1n) is 8.69. The zero-order valence-corrected chi connectivity index (χ0v) is 20.6. The second-order valence-electron chi connectivity index (χ2n) is 6.12. The van der Waals surface area contributed by atoms with Gasteiger partial charge in [0.2, 0.25) is 0 Å². The molecule has 0 spiro atoms. The maximum atomic E-state index is 12.4. The van der Waals surface area contributed by atoms with E-state index in [9.17, 15) is 4.79 Å². The summed E-state index contributed by atoms with van der Waals surface area (Å²) in [5.74, 6) is 1.48. The number of benzene rings is 3. The van der Waals surface area contributed by atoms with Crippen LogP contribution in [0.5, 0.6) is 11.5 Å². The van der Waals surface area contributed by atoms with E-state index < -0.39 is 0 Å². The Labute approximate surface area is 202 Å². The van der Waals surface area contributed by atoms with Crippen molar-refractivity contribution in [2.45, 2.75) is 6.61 Å². The van der Waals surface area contributed by atoms with E-state index in [1.165, 1.54) is 0 Å². The van der Waals surface area contributed by atoms with Crippen LogP contribution >= 0.6 is 56.8 Å². The largest absolute Gasteiger partial charge is 0.497 e. The van der Waals surface area contributed by atoms with E-state index in [1.54, 1.807) is 37.5 Å². The summed E-state index contributed by atoms with van der Waals surface area (Å²) in [7, 11) is 1.60. The van der Waals surface area contributed by atoms with Gasteiger partial charge >= 0.3 is 0 Å². The van der Waals surface area contributed by atoms with Crippen molar-refractivity contribution in [2.24, 2.45) is 0 Å². The number of rotatable bonds is 7. The summed E-state index contributed by atoms with van der Waals surface area (Å²) in [5.41, 5.74) is 2.49. The molecular formula is C23H17ClI2O3. The number of carbonyl (C=O) groups is 1. The van der Waals surface area contributed by atoms with Crippen molar-refractivity contribution in [1.29, 1.82) is 0 Å². The Kier molecular flexibility index (Phi) is 7.97. The van der Waals surface area contributed by atoms with Crippen LogP contribution in [-0.4, -0.2) is 12.9 Å². The van der Waals surface area contributed by atoms with Gasteiger partial charge in [0.25, 0.3) is 0 Å². The molecule has 0 amide bonds. The number of halogens is 3. The minimum Gasteiger partial charge on any atom is -0.497 e. The molecule has 0 radical (unpaired) electrons. The number of hydrogen-bond donors (Lipinski definition) is 0. The molecule has 0 aromatic heterocycles. The van der Waals surface area contributed by atoms with Gasteiger partial charge in [0.15, 0.2) is 5.78 Å². The zero-order valence-electron chi connectivity index (χ0n) is 15.5. The van der Waals surface area contributed by atoms with Gasteiger partial charge in [0.1, 0.15) is 18.1 Å². The van der Waals surface area contributed by atoms with Crippen LogP contribution in [0.25, 0.3) is 6.08 Å². The first kappa shape index (κ1) is 22.1. The Bertz CT molecular complexity index is 1020. The summed E-state index contributed by atoms with van der Waals surface area (Å²) in [5, 5.41) is 0.689. The number of allylic oxidation sites excluding steroid dienone is 1. The lowest BCUT2D eigenvalue weighted by Crippen LogP contribution is -2.00. The molecular weight excluding hydrogens is 614 g/mol. The molecule has 0 fully saturated rings. The van der Waals surface area contributed by atoms with Crippen molar-refractivity contribution in [3.8, 4) is 11.5 Å². The summed E-state index contributed by atoms with van der Waals surface area (Å²) in [6, 6.07) is 18.7. The average molecular weight is 631 g/mol. The van der Waals surface area contributed by atoms with Gasteiger partial charge < -0.3 is 9.47 Å². The lowest BCUT2D eigenvalue weighted by atomic mass is 10.1. The van der Waals surface area contributed by atoms with Crippen molar-refractivity contribution < 1.29 is 14.3 Å². The lowest BCUT2D eigenvalue weighted by molar-refractivity contribution is 0.104. The standard InChI is InChI=1S/C23H17ClI2O3/c1-28-18-9-7-16(8-10-18)22(27)11-6-15-12-20(25)23(21(26)13-15)29-14-17-4-2-3-5-19(17)24/h2-13H,14H2,1H3/b11-6+. The normalized spacial score (nSPS) is 10.9. The highest BCUT2D eigenvalue weighted by molar-refractivity contribution is 14.1. The van der Waals surface area contributed by atoms with Crippen LogP contribution in [0, 0.1) is 7.14 Å². The molecule has 0 atom stereocenters. The van der Waals surface area contributed by atoms with E-state index in [-0.39, 0.29) is 5.78 Å². The minimum atomic E-state index is -0.0586. The smallest absolute Gasteiger partial charge is 0.185 e. The Hall–Kier alpha value is -1.58. The van der Waals surface area contributed by atoms with E-state index in [4.69, 9.17) is 21.1 Å². The van der Waals surface area contributed by atoms with Gasteiger partial charge in [0.05, 0.1) is 14.3 Å². The first-order chi connectivity index (χ1) is 14.0. The fraction of sp³-hybridized carbons (Fsp3) is 0.0870. The second-order valence-corrected chi connectivity index (χ2v) is 8.85. The molecule has 3 aromatic carbocycles. The summed E-state index contributed by atoms with van der Waals surface area (Å²) < 4.78 is 13.1. The molecule has 0 aliphatic carbocycles. The summed E-state index contributed by atoms with van der Waals surface area (Å²) in [4.78, 5) is 12.4. The van der Waals surface area contributed by atoms with E-state index in [0.717, 1.165) is 29.8 Å². The maximum absolute atomic E-state index is 12.4. The van der Waals surface area contributed by atoms with Gasteiger partial charge in [-0.05, 0) is 99.3 Å². The zero-order chi connectivity index (χ0) is 20.8. The van der Waals surface area contributed by atoms with Crippen molar-refractivity contribution in [1.82, 2.24) is 0 Å². The SMILES string of the molecule is COc1ccc(C(=O)/C=C/c2cc(I)c(OCc3ccccc3Cl)c(I)c2)cc1. The molecule has 0 saturated heterocycles. The van der Waals surface area contributed by atoms with Gasteiger partial charge in [0, 0.05) is 16.1 Å². The highest BCUT2D eigenvalue weighted by Crippen LogP contribution is 2.31. The van der Waals surface area contributed by atoms with Gasteiger partial charge in [-0.1, -0.05) is 35.9 Å². The number of hydrogen-bond acceptors (Lipinski definition) is 3. The molecule has 3 aromatic rings. The number of carbonyl (C=O) groups excluding carboxylic acids is 1. The Morgan fingerprint density at radius 3 is 2.31 bits per heavy atom. The number of ketones is 1. The molecule has 0 bridgehead atoms. The Morgan fingerprint density at radius 1 is 1.03 bits per heavy atom. The second kappa shape index (κ2) is 10.4. The molecule has 0 N–H and O–H groups in total. The van der Waals surface area contributed by atoms with Crippen molar-refractivity contribution in [2.75, 3.05) is 7.11 Å². The summed E-state index contributed by atoms with van der Waals surface area (Å²) in [6.07, 6.45) is 3.39. The van der Waals surface area contributed by atoms with E-state index in [1.807, 2.05) is 42.5 Å². The monoisotopic (exact) mass is 630 g/mol. The summed E-state index contributed by atoms with van der Waals surface area (Å²) in [6.45, 7) is 0.400. The topological polar surface area (TPSA) is 35.5 Å². The van der Waals surface area contributed by atoms with Gasteiger partial charge in [-0.3, -0.25) is 4.79 Å². The lowest BCUT2D eigenvalue weighted by Gasteiger charge is -2.12. The predicted octanol–water partition coefficient (Wildman–Crippen LogP) is 7.03. The van der Waals surface area contributed by atoms with E-state index in [2.05, 4.69) is 45.2 Å². The third-order valence-electron chi connectivity index (χ3n) is 4.15. The van der Waals surface area contributed by atoms with Crippen LogP contribution in [0.1, 0.15) is 21.5 Å². The van der Waals surface area contributed by atoms with Crippen LogP contribution in [-0.2, 0) is 6.61 Å². The first-order valence-corrected chi connectivity index (χ1v) is 11.2. The fourth-order valence-corrected chi connectivity index (χ4v) is 4.92. The molecule has 6 heteroatoms. The molecule has 3 nitrogen and oxygen atoms in total. The van der Waals surface area contributed by atoms with Crippen LogP contribution in [0.2, 0.25) is 5.02 Å². The molecule has 0 unspecified atom stereocenters. The van der Waals surface area contributed by atoms with Crippen molar-refractivity contribution in [3.05, 3.63) is 95.6 Å². The van der Waals surface area contributed by atoms with Crippen molar-refractivity contribution in [3.63, 3.8) is 0 Å². The number of methoxy groups -OCH3 is 1. The quantitative estimate of drug-likeness (QED) is 0.160. The highest BCUT2D eigenvalue weighted by Gasteiger charge is 2.10. The Morgan fingerprint density at radius 2 is 1.69 bits per heavy atom. The van der Waals surface area contributed by atoms with Gasteiger partial charge in [-0.2, -0.15) is 0 Å². The molecule has 0 aliphatic rings. The van der Waals surface area contributed by atoms with E-state index >= 15 is 0 Å². The van der Waals surface area contributed by atoms with E-state index in [0.29, 0.717) is 17.2 Å². The predicted molar refractivity (Wildman–Crippen MR) is 134 cm³/mol. The molecule has 0 heterocycles. The molecule has 0 aliphatic heterocycles. The summed E-state index contributed by atoms with van der Waals surface area (Å²) >= 11 is 10.7. The van der Waals surface area contributed by atoms with Gasteiger partial charge in [-0.15, -0.1) is 0 Å². The molecule has 3 rings (SSSR count). The van der Waals surface area contributed by atoms with Crippen LogP contribution in [0.4, 0.5) is 0 Å². The number of ether oxygens (including phenoxy) is 2. The van der Waals surface area contributed by atoms with Crippen LogP contribution in [0.3, 0.4) is 0 Å². The highest BCUT2D eigenvalue weighted by atomic mass is 127. The fourth-order valence-electron chi connectivity index (χ4n) is 2.60. The molecule has 29 heavy (non-hydrogen) atoms. The maximum Gasteiger partial charge on any atom is 0.185 e.